The maximum atomic E-state index is 11.9. The molecule has 3 N–H and O–H groups in total. The van der Waals surface area contributed by atoms with Crippen LogP contribution in [0.15, 0.2) is 59.4 Å². The van der Waals surface area contributed by atoms with E-state index in [1.165, 1.54) is 6.07 Å². The fourth-order valence-electron chi connectivity index (χ4n) is 2.57. The molecule has 0 fully saturated rings. The number of benzene rings is 2. The Morgan fingerprint density at radius 1 is 1.22 bits per heavy atom. The Hall–Kier alpha value is -2.67. The molecule has 0 aliphatic rings. The number of nitrogens with zero attached hydrogens (tertiary/aromatic N) is 1. The van der Waals surface area contributed by atoms with Gasteiger partial charge in [-0.05, 0) is 30.2 Å². The summed E-state index contributed by atoms with van der Waals surface area (Å²) in [6.45, 7) is 2.14. The number of aliphatic hydroxyl groups is 1. The molecule has 1 atom stereocenters. The number of aromatic nitrogens is 2. The van der Waals surface area contributed by atoms with Gasteiger partial charge in [-0.1, -0.05) is 48.0 Å². The van der Waals surface area contributed by atoms with Crippen LogP contribution < -0.4 is 10.9 Å². The van der Waals surface area contributed by atoms with Crippen LogP contribution in [0.1, 0.15) is 22.9 Å². The Kier molecular flexibility index (Phi) is 6.24. The fourth-order valence-corrected chi connectivity index (χ4v) is 2.74. The number of aliphatic hydroxyl groups excluding tert-OH is 1. The van der Waals surface area contributed by atoms with Gasteiger partial charge in [0.1, 0.15) is 6.10 Å². The highest BCUT2D eigenvalue weighted by Crippen LogP contribution is 2.24. The van der Waals surface area contributed by atoms with E-state index in [0.29, 0.717) is 16.7 Å². The molecule has 0 radical (unpaired) electrons. The Morgan fingerprint density at radius 3 is 2.78 bits per heavy atom. The van der Waals surface area contributed by atoms with Crippen molar-refractivity contribution in [3.63, 3.8) is 0 Å². The van der Waals surface area contributed by atoms with E-state index >= 15 is 0 Å². The van der Waals surface area contributed by atoms with E-state index in [1.54, 1.807) is 6.07 Å². The van der Waals surface area contributed by atoms with Crippen molar-refractivity contribution in [1.29, 1.82) is 0 Å². The molecular formula is C20H20ClN3O3. The van der Waals surface area contributed by atoms with Crippen LogP contribution in [0.4, 0.5) is 11.6 Å². The standard InChI is InChI=1S/C20H20ClN3O3/c1-13-16(21)8-5-9-17(13)23-20-22-15(10-19(26)24-20)11-27-12-18(25)14-6-3-2-4-7-14/h2-10,18,25H,11-12H2,1H3,(H2,22,23,24,26). The molecule has 3 rings (SSSR count). The second-order valence-corrected chi connectivity index (χ2v) is 6.48. The first kappa shape index (κ1) is 19.1. The molecular weight excluding hydrogens is 366 g/mol. The molecule has 0 amide bonds. The largest absolute Gasteiger partial charge is 0.386 e. The Bertz CT molecular complexity index is 960. The van der Waals surface area contributed by atoms with Gasteiger partial charge in [-0.2, -0.15) is 4.98 Å². The molecule has 0 spiro atoms. The summed E-state index contributed by atoms with van der Waals surface area (Å²) in [4.78, 5) is 18.8. The lowest BCUT2D eigenvalue weighted by Gasteiger charge is -2.13. The summed E-state index contributed by atoms with van der Waals surface area (Å²) in [7, 11) is 0. The zero-order valence-corrected chi connectivity index (χ0v) is 15.5. The molecule has 7 heteroatoms. The normalized spacial score (nSPS) is 12.0. The average Bonchev–Trinajstić information content (AvgIpc) is 2.66. The number of H-pyrrole nitrogens is 1. The van der Waals surface area contributed by atoms with Crippen molar-refractivity contribution in [1.82, 2.24) is 9.97 Å². The highest BCUT2D eigenvalue weighted by atomic mass is 35.5. The molecule has 0 saturated heterocycles. The molecule has 0 aliphatic carbocycles. The number of ether oxygens (including phenoxy) is 1. The molecule has 1 heterocycles. The van der Waals surface area contributed by atoms with E-state index in [2.05, 4.69) is 15.3 Å². The van der Waals surface area contributed by atoms with Crippen molar-refractivity contribution >= 4 is 23.2 Å². The van der Waals surface area contributed by atoms with Crippen LogP contribution in [0.5, 0.6) is 0 Å². The van der Waals surface area contributed by atoms with Crippen molar-refractivity contribution in [2.24, 2.45) is 0 Å². The van der Waals surface area contributed by atoms with Crippen molar-refractivity contribution in [2.45, 2.75) is 19.6 Å². The van der Waals surface area contributed by atoms with E-state index in [1.807, 2.05) is 49.4 Å². The zero-order valence-electron chi connectivity index (χ0n) is 14.8. The lowest BCUT2D eigenvalue weighted by atomic mass is 10.1. The van der Waals surface area contributed by atoms with Crippen LogP contribution in [0.2, 0.25) is 5.02 Å². The summed E-state index contributed by atoms with van der Waals surface area (Å²) in [5, 5.41) is 13.8. The lowest BCUT2D eigenvalue weighted by molar-refractivity contribution is 0.0265. The highest BCUT2D eigenvalue weighted by molar-refractivity contribution is 6.31. The van der Waals surface area contributed by atoms with Crippen molar-refractivity contribution < 1.29 is 9.84 Å². The Balaban J connectivity index is 1.65. The van der Waals surface area contributed by atoms with Gasteiger partial charge < -0.3 is 20.1 Å². The maximum absolute atomic E-state index is 11.9. The van der Waals surface area contributed by atoms with Crippen LogP contribution in [0.3, 0.4) is 0 Å². The summed E-state index contributed by atoms with van der Waals surface area (Å²) in [6, 6.07) is 16.1. The predicted molar refractivity (Wildman–Crippen MR) is 105 cm³/mol. The average molecular weight is 386 g/mol. The number of anilines is 2. The highest BCUT2D eigenvalue weighted by Gasteiger charge is 2.09. The van der Waals surface area contributed by atoms with Gasteiger partial charge >= 0.3 is 0 Å². The van der Waals surface area contributed by atoms with E-state index in [9.17, 15) is 9.90 Å². The van der Waals surface area contributed by atoms with Gasteiger partial charge in [0.2, 0.25) is 5.95 Å². The molecule has 3 aromatic rings. The lowest BCUT2D eigenvalue weighted by Crippen LogP contribution is -2.14. The van der Waals surface area contributed by atoms with Crippen LogP contribution >= 0.6 is 11.6 Å². The first-order valence-electron chi connectivity index (χ1n) is 8.46. The number of nitrogens with one attached hydrogen (secondary N) is 2. The zero-order chi connectivity index (χ0) is 19.2. The van der Waals surface area contributed by atoms with Gasteiger partial charge in [-0.3, -0.25) is 4.79 Å². The van der Waals surface area contributed by atoms with Crippen LogP contribution in [-0.2, 0) is 11.3 Å². The molecule has 6 nitrogen and oxygen atoms in total. The van der Waals surface area contributed by atoms with Crippen LogP contribution in [-0.4, -0.2) is 21.7 Å². The van der Waals surface area contributed by atoms with Gasteiger partial charge in [-0.15, -0.1) is 0 Å². The molecule has 0 saturated carbocycles. The molecule has 27 heavy (non-hydrogen) atoms. The van der Waals surface area contributed by atoms with Gasteiger partial charge in [0.05, 0.1) is 13.2 Å². The van der Waals surface area contributed by atoms with Crippen molar-refractivity contribution in [3.05, 3.63) is 86.8 Å². The SMILES string of the molecule is Cc1c(Cl)cccc1Nc1nc(=O)cc(COCC(O)c2ccccc2)[nH]1. The molecule has 0 aliphatic heterocycles. The van der Waals surface area contributed by atoms with Crippen molar-refractivity contribution in [3.8, 4) is 0 Å². The molecule has 140 valence electrons. The summed E-state index contributed by atoms with van der Waals surface area (Å²) in [5.74, 6) is 0.301. The van der Waals surface area contributed by atoms with Crippen molar-refractivity contribution in [2.75, 3.05) is 11.9 Å². The second-order valence-electron chi connectivity index (χ2n) is 6.07. The van der Waals surface area contributed by atoms with Crippen LogP contribution in [0.25, 0.3) is 0 Å². The minimum atomic E-state index is -0.730. The molecule has 2 aromatic carbocycles. The smallest absolute Gasteiger partial charge is 0.274 e. The van der Waals surface area contributed by atoms with E-state index < -0.39 is 11.7 Å². The van der Waals surface area contributed by atoms with Gasteiger partial charge in [-0.25, -0.2) is 0 Å². The molecule has 0 bridgehead atoms. The number of hydrogen-bond acceptors (Lipinski definition) is 5. The third-order valence-electron chi connectivity index (χ3n) is 4.04. The first-order valence-corrected chi connectivity index (χ1v) is 8.84. The summed E-state index contributed by atoms with van der Waals surface area (Å²) in [6.07, 6.45) is -0.730. The number of aromatic amines is 1. The van der Waals surface area contributed by atoms with Gasteiger partial charge in [0.25, 0.3) is 5.56 Å². The van der Waals surface area contributed by atoms with Gasteiger partial charge in [0, 0.05) is 22.5 Å². The molecule has 1 unspecified atom stereocenters. The third-order valence-corrected chi connectivity index (χ3v) is 4.45. The van der Waals surface area contributed by atoms with E-state index in [4.69, 9.17) is 16.3 Å². The Morgan fingerprint density at radius 2 is 2.00 bits per heavy atom. The Labute approximate surface area is 161 Å². The first-order chi connectivity index (χ1) is 13.0. The third kappa shape index (κ3) is 5.17. The summed E-state index contributed by atoms with van der Waals surface area (Å²) >= 11 is 6.12. The fraction of sp³-hybridized carbons (Fsp3) is 0.200. The second kappa shape index (κ2) is 8.81. The predicted octanol–water partition coefficient (Wildman–Crippen LogP) is 3.73. The van der Waals surface area contributed by atoms with E-state index in [-0.39, 0.29) is 13.2 Å². The topological polar surface area (TPSA) is 87.2 Å². The number of hydrogen-bond donors (Lipinski definition) is 3. The summed E-state index contributed by atoms with van der Waals surface area (Å²) < 4.78 is 5.54. The minimum Gasteiger partial charge on any atom is -0.386 e. The quantitative estimate of drug-likeness (QED) is 0.577. The maximum Gasteiger partial charge on any atom is 0.274 e. The number of halogens is 1. The summed E-state index contributed by atoms with van der Waals surface area (Å²) in [5.41, 5.74) is 2.55. The molecule has 1 aromatic heterocycles. The monoisotopic (exact) mass is 385 g/mol. The minimum absolute atomic E-state index is 0.116. The van der Waals surface area contributed by atoms with Gasteiger partial charge in [0.15, 0.2) is 0 Å². The number of rotatable bonds is 7. The van der Waals surface area contributed by atoms with E-state index in [0.717, 1.165) is 16.8 Å². The van der Waals surface area contributed by atoms with Crippen LogP contribution in [0, 0.1) is 6.92 Å².